The quantitative estimate of drug-likeness (QED) is 0.413. The Morgan fingerprint density at radius 2 is 1.80 bits per heavy atom. The summed E-state index contributed by atoms with van der Waals surface area (Å²) in [6.07, 6.45) is 0.759. The predicted molar refractivity (Wildman–Crippen MR) is 42.7 cm³/mol. The summed E-state index contributed by atoms with van der Waals surface area (Å²) in [5, 5.41) is 0. The highest BCUT2D eigenvalue weighted by Crippen LogP contribution is 2.02. The van der Waals surface area contributed by atoms with Gasteiger partial charge in [-0.3, -0.25) is 0 Å². The molecule has 1 rings (SSSR count). The molecule has 0 radical (unpaired) electrons. The SMILES string of the molecule is CN(C)C.Cl.O=CC1CO1. The molecule has 0 N–H and O–H groups in total. The Morgan fingerprint density at radius 3 is 1.80 bits per heavy atom. The Balaban J connectivity index is 0. The second-order valence-electron chi connectivity index (χ2n) is 2.35. The highest BCUT2D eigenvalue weighted by atomic mass is 35.5. The molecular weight excluding hydrogens is 154 g/mol. The lowest BCUT2D eigenvalue weighted by atomic mass is 10.6. The first-order valence-corrected chi connectivity index (χ1v) is 2.84. The smallest absolute Gasteiger partial charge is 0.151 e. The van der Waals surface area contributed by atoms with Crippen LogP contribution in [-0.2, 0) is 9.53 Å². The van der Waals surface area contributed by atoms with Crippen molar-refractivity contribution in [3.05, 3.63) is 0 Å². The van der Waals surface area contributed by atoms with Crippen molar-refractivity contribution in [2.75, 3.05) is 27.7 Å². The molecule has 1 fully saturated rings. The summed E-state index contributed by atoms with van der Waals surface area (Å²) in [4.78, 5) is 11.4. The molecule has 1 unspecified atom stereocenters. The third-order valence-corrected chi connectivity index (χ3v) is 0.511. The van der Waals surface area contributed by atoms with E-state index in [0.717, 1.165) is 6.29 Å². The van der Waals surface area contributed by atoms with E-state index in [1.165, 1.54) is 0 Å². The van der Waals surface area contributed by atoms with Crippen LogP contribution in [0.5, 0.6) is 0 Å². The van der Waals surface area contributed by atoms with Gasteiger partial charge in [0.2, 0.25) is 0 Å². The van der Waals surface area contributed by atoms with Crippen molar-refractivity contribution < 1.29 is 9.53 Å². The number of epoxide rings is 1. The van der Waals surface area contributed by atoms with Crippen molar-refractivity contribution in [3.8, 4) is 0 Å². The molecular formula is C6H14ClNO2. The molecule has 1 saturated heterocycles. The lowest BCUT2D eigenvalue weighted by molar-refractivity contribution is -0.108. The topological polar surface area (TPSA) is 32.8 Å². The number of hydrogen-bond acceptors (Lipinski definition) is 3. The van der Waals surface area contributed by atoms with Crippen molar-refractivity contribution >= 4 is 18.7 Å². The van der Waals surface area contributed by atoms with E-state index in [0.29, 0.717) is 6.61 Å². The van der Waals surface area contributed by atoms with Gasteiger partial charge in [0.1, 0.15) is 6.10 Å². The Hall–Kier alpha value is -0.120. The average molecular weight is 168 g/mol. The average Bonchev–Trinajstić information content (AvgIpc) is 2.43. The van der Waals surface area contributed by atoms with Crippen LogP contribution in [0.15, 0.2) is 0 Å². The third kappa shape index (κ3) is 15.7. The molecule has 0 aromatic heterocycles. The zero-order valence-electron chi connectivity index (χ0n) is 6.53. The molecule has 1 aliphatic heterocycles. The van der Waals surface area contributed by atoms with E-state index in [4.69, 9.17) is 0 Å². The molecule has 10 heavy (non-hydrogen) atoms. The number of halogens is 1. The van der Waals surface area contributed by atoms with E-state index in [1.807, 2.05) is 26.0 Å². The molecule has 0 aromatic rings. The summed E-state index contributed by atoms with van der Waals surface area (Å²) in [5.41, 5.74) is 0. The molecule has 1 heterocycles. The Bertz CT molecular complexity index is 81.1. The molecule has 0 aliphatic carbocycles. The Kier molecular flexibility index (Phi) is 8.77. The van der Waals surface area contributed by atoms with Crippen molar-refractivity contribution in [3.63, 3.8) is 0 Å². The number of hydrogen-bond donors (Lipinski definition) is 0. The highest BCUT2D eigenvalue weighted by molar-refractivity contribution is 5.85. The van der Waals surface area contributed by atoms with Crippen LogP contribution >= 0.6 is 12.4 Å². The fraction of sp³-hybridized carbons (Fsp3) is 0.833. The number of rotatable bonds is 1. The van der Waals surface area contributed by atoms with E-state index in [9.17, 15) is 4.79 Å². The Morgan fingerprint density at radius 1 is 1.50 bits per heavy atom. The predicted octanol–water partition coefficient (Wildman–Crippen LogP) is 0.184. The number of aldehydes is 1. The van der Waals surface area contributed by atoms with Crippen molar-refractivity contribution in [1.29, 1.82) is 0 Å². The fourth-order valence-corrected chi connectivity index (χ4v) is 0.134. The van der Waals surface area contributed by atoms with Crippen LogP contribution in [0.1, 0.15) is 0 Å². The summed E-state index contributed by atoms with van der Waals surface area (Å²) in [5.74, 6) is 0. The molecule has 1 aliphatic rings. The van der Waals surface area contributed by atoms with Crippen molar-refractivity contribution in [2.45, 2.75) is 6.10 Å². The molecule has 1 atom stereocenters. The van der Waals surface area contributed by atoms with Gasteiger partial charge in [0, 0.05) is 0 Å². The maximum absolute atomic E-state index is 9.44. The van der Waals surface area contributed by atoms with Gasteiger partial charge < -0.3 is 14.4 Å². The van der Waals surface area contributed by atoms with Crippen LogP contribution in [0, 0.1) is 0 Å². The minimum absolute atomic E-state index is 0. The Labute approximate surface area is 67.8 Å². The molecule has 0 aromatic carbocycles. The molecule has 3 nitrogen and oxygen atoms in total. The standard InChI is InChI=1S/C3H9N.C3H4O2.ClH/c1-4(2)3;4-1-3-2-5-3;/h1-3H3;1,3H,2H2;1H. The van der Waals surface area contributed by atoms with E-state index < -0.39 is 0 Å². The molecule has 0 saturated carbocycles. The lowest BCUT2D eigenvalue weighted by Crippen LogP contribution is -1.99. The molecule has 0 bridgehead atoms. The number of carbonyl (C=O) groups excluding carboxylic acids is 1. The van der Waals surface area contributed by atoms with Crippen LogP contribution in [0.25, 0.3) is 0 Å². The van der Waals surface area contributed by atoms with Gasteiger partial charge in [-0.2, -0.15) is 0 Å². The fourth-order valence-electron chi connectivity index (χ4n) is 0.134. The van der Waals surface area contributed by atoms with Gasteiger partial charge in [0.25, 0.3) is 0 Å². The maximum atomic E-state index is 9.44. The monoisotopic (exact) mass is 167 g/mol. The van der Waals surface area contributed by atoms with Gasteiger partial charge in [0.15, 0.2) is 6.29 Å². The largest absolute Gasteiger partial charge is 0.365 e. The van der Waals surface area contributed by atoms with E-state index in [1.54, 1.807) is 0 Å². The number of nitrogens with zero attached hydrogens (tertiary/aromatic N) is 1. The van der Waals surface area contributed by atoms with E-state index in [2.05, 4.69) is 4.74 Å². The molecule has 4 heteroatoms. The normalized spacial score (nSPS) is 20.2. The maximum Gasteiger partial charge on any atom is 0.151 e. The second-order valence-corrected chi connectivity index (χ2v) is 2.35. The number of carbonyl (C=O) groups is 1. The minimum Gasteiger partial charge on any atom is -0.365 e. The summed E-state index contributed by atoms with van der Waals surface area (Å²) in [7, 11) is 6.00. The van der Waals surface area contributed by atoms with Crippen LogP contribution in [0.4, 0.5) is 0 Å². The van der Waals surface area contributed by atoms with Crippen LogP contribution in [0.2, 0.25) is 0 Å². The van der Waals surface area contributed by atoms with Gasteiger partial charge in [0.05, 0.1) is 6.61 Å². The summed E-state index contributed by atoms with van der Waals surface area (Å²) >= 11 is 0. The zero-order valence-corrected chi connectivity index (χ0v) is 7.35. The third-order valence-electron chi connectivity index (χ3n) is 0.511. The molecule has 0 spiro atoms. The first-order chi connectivity index (χ1) is 4.16. The first kappa shape index (κ1) is 12.5. The molecule has 0 amide bonds. The van der Waals surface area contributed by atoms with Gasteiger partial charge >= 0.3 is 0 Å². The van der Waals surface area contributed by atoms with Crippen molar-refractivity contribution in [2.24, 2.45) is 0 Å². The van der Waals surface area contributed by atoms with Gasteiger partial charge in [-0.05, 0) is 21.1 Å². The van der Waals surface area contributed by atoms with E-state index in [-0.39, 0.29) is 18.5 Å². The van der Waals surface area contributed by atoms with Crippen LogP contribution < -0.4 is 0 Å². The summed E-state index contributed by atoms with van der Waals surface area (Å²) in [6.45, 7) is 0.642. The first-order valence-electron chi connectivity index (χ1n) is 2.84. The van der Waals surface area contributed by atoms with Crippen LogP contribution in [0.3, 0.4) is 0 Å². The van der Waals surface area contributed by atoms with Gasteiger partial charge in [-0.1, -0.05) is 0 Å². The second kappa shape index (κ2) is 6.99. The lowest BCUT2D eigenvalue weighted by Gasteiger charge is -1.90. The summed E-state index contributed by atoms with van der Waals surface area (Å²) in [6, 6.07) is 0. The number of ether oxygens (including phenoxy) is 1. The zero-order chi connectivity index (χ0) is 7.28. The van der Waals surface area contributed by atoms with E-state index >= 15 is 0 Å². The van der Waals surface area contributed by atoms with Crippen molar-refractivity contribution in [1.82, 2.24) is 4.90 Å². The molecule has 62 valence electrons. The van der Waals surface area contributed by atoms with Crippen LogP contribution in [-0.4, -0.2) is 45.0 Å². The van der Waals surface area contributed by atoms with Gasteiger partial charge in [-0.15, -0.1) is 12.4 Å². The van der Waals surface area contributed by atoms with Gasteiger partial charge in [-0.25, -0.2) is 0 Å². The highest BCUT2D eigenvalue weighted by Gasteiger charge is 2.19. The minimum atomic E-state index is -0.0463. The summed E-state index contributed by atoms with van der Waals surface area (Å²) < 4.78 is 4.49.